The van der Waals surface area contributed by atoms with Gasteiger partial charge in [-0.25, -0.2) is 0 Å². The van der Waals surface area contributed by atoms with E-state index in [1.54, 1.807) is 7.11 Å². The summed E-state index contributed by atoms with van der Waals surface area (Å²) in [5, 5.41) is 2.27. The number of hydrogen-bond acceptors (Lipinski definition) is 4. The molecule has 0 radical (unpaired) electrons. The Hall–Kier alpha value is -2.11. The highest BCUT2D eigenvalue weighted by atomic mass is 16.5. The SMILES string of the molecule is COc1ccc2cc(C3CN(C(=O)C4(N)CCC4)CCO3)ccc2c1. The Morgan fingerprint density at radius 3 is 2.72 bits per heavy atom. The molecule has 1 amide bonds. The Bertz CT molecular complexity index is 801. The number of methoxy groups -OCH3 is 1. The Labute approximate surface area is 147 Å². The van der Waals surface area contributed by atoms with Gasteiger partial charge in [0.15, 0.2) is 0 Å². The highest BCUT2D eigenvalue weighted by molar-refractivity contribution is 5.87. The van der Waals surface area contributed by atoms with Crippen molar-refractivity contribution in [3.05, 3.63) is 42.0 Å². The van der Waals surface area contributed by atoms with Crippen LogP contribution >= 0.6 is 0 Å². The van der Waals surface area contributed by atoms with Gasteiger partial charge in [-0.15, -0.1) is 0 Å². The lowest BCUT2D eigenvalue weighted by Crippen LogP contribution is -2.61. The zero-order valence-corrected chi connectivity index (χ0v) is 14.5. The van der Waals surface area contributed by atoms with Crippen molar-refractivity contribution in [1.29, 1.82) is 0 Å². The number of nitrogens with two attached hydrogens (primary N) is 1. The van der Waals surface area contributed by atoms with Crippen LogP contribution in [0.1, 0.15) is 30.9 Å². The molecule has 2 N–H and O–H groups in total. The van der Waals surface area contributed by atoms with E-state index in [0.29, 0.717) is 19.7 Å². The second-order valence-electron chi connectivity index (χ2n) is 7.09. The van der Waals surface area contributed by atoms with E-state index in [-0.39, 0.29) is 12.0 Å². The minimum absolute atomic E-state index is 0.0811. The Morgan fingerprint density at radius 2 is 2.00 bits per heavy atom. The highest BCUT2D eigenvalue weighted by Crippen LogP contribution is 2.33. The molecule has 132 valence electrons. The second-order valence-corrected chi connectivity index (χ2v) is 7.09. The maximum absolute atomic E-state index is 12.7. The van der Waals surface area contributed by atoms with Gasteiger partial charge in [0, 0.05) is 6.54 Å². The first-order valence-electron chi connectivity index (χ1n) is 8.87. The van der Waals surface area contributed by atoms with Gasteiger partial charge in [-0.1, -0.05) is 18.2 Å². The van der Waals surface area contributed by atoms with Gasteiger partial charge in [-0.05, 0) is 53.8 Å². The Balaban J connectivity index is 1.54. The number of ether oxygens (including phenoxy) is 2. The molecule has 2 fully saturated rings. The van der Waals surface area contributed by atoms with Gasteiger partial charge < -0.3 is 20.1 Å². The number of rotatable bonds is 3. The van der Waals surface area contributed by atoms with Crippen molar-refractivity contribution in [2.75, 3.05) is 26.8 Å². The summed E-state index contributed by atoms with van der Waals surface area (Å²) < 4.78 is 11.2. The molecule has 25 heavy (non-hydrogen) atoms. The molecule has 1 aliphatic carbocycles. The average Bonchev–Trinajstić information content (AvgIpc) is 2.64. The molecule has 2 aromatic rings. The van der Waals surface area contributed by atoms with Gasteiger partial charge in [0.2, 0.25) is 5.91 Å². The van der Waals surface area contributed by atoms with Crippen molar-refractivity contribution < 1.29 is 14.3 Å². The topological polar surface area (TPSA) is 64.8 Å². The van der Waals surface area contributed by atoms with Crippen LogP contribution in [0.3, 0.4) is 0 Å². The average molecular weight is 340 g/mol. The number of carbonyl (C=O) groups is 1. The molecule has 1 aliphatic heterocycles. The van der Waals surface area contributed by atoms with Crippen molar-refractivity contribution in [1.82, 2.24) is 4.90 Å². The maximum atomic E-state index is 12.7. The Morgan fingerprint density at radius 1 is 1.24 bits per heavy atom. The van der Waals surface area contributed by atoms with Crippen molar-refractivity contribution in [2.24, 2.45) is 5.73 Å². The lowest BCUT2D eigenvalue weighted by molar-refractivity contribution is -0.148. The first kappa shape index (κ1) is 16.4. The number of amides is 1. The summed E-state index contributed by atoms with van der Waals surface area (Å²) >= 11 is 0. The molecule has 1 saturated heterocycles. The van der Waals surface area contributed by atoms with Gasteiger partial charge in [0.1, 0.15) is 11.9 Å². The lowest BCUT2D eigenvalue weighted by Gasteiger charge is -2.43. The first-order chi connectivity index (χ1) is 12.1. The molecule has 5 nitrogen and oxygen atoms in total. The molecule has 4 rings (SSSR count). The van der Waals surface area contributed by atoms with Gasteiger partial charge in [0.25, 0.3) is 0 Å². The van der Waals surface area contributed by atoms with E-state index >= 15 is 0 Å². The molecule has 2 aliphatic rings. The summed E-state index contributed by atoms with van der Waals surface area (Å²) in [6, 6.07) is 12.3. The maximum Gasteiger partial charge on any atom is 0.242 e. The fraction of sp³-hybridized carbons (Fsp3) is 0.450. The summed E-state index contributed by atoms with van der Waals surface area (Å²) in [4.78, 5) is 14.6. The fourth-order valence-electron chi connectivity index (χ4n) is 3.69. The number of carbonyl (C=O) groups excluding carboxylic acids is 1. The number of hydrogen-bond donors (Lipinski definition) is 1. The van der Waals surface area contributed by atoms with Crippen LogP contribution in [-0.4, -0.2) is 43.2 Å². The van der Waals surface area contributed by atoms with E-state index in [1.165, 1.54) is 0 Å². The lowest BCUT2D eigenvalue weighted by atomic mass is 9.76. The Kier molecular flexibility index (Phi) is 4.13. The number of fused-ring (bicyclic) bond motifs is 1. The van der Waals surface area contributed by atoms with Crippen LogP contribution in [0.15, 0.2) is 36.4 Å². The minimum atomic E-state index is -0.637. The molecular weight excluding hydrogens is 316 g/mol. The summed E-state index contributed by atoms with van der Waals surface area (Å²) in [6.45, 7) is 1.74. The van der Waals surface area contributed by atoms with E-state index in [2.05, 4.69) is 18.2 Å². The molecule has 1 saturated carbocycles. The molecule has 1 unspecified atom stereocenters. The van der Waals surface area contributed by atoms with Gasteiger partial charge in [0.05, 0.1) is 25.8 Å². The van der Waals surface area contributed by atoms with Crippen molar-refractivity contribution in [2.45, 2.75) is 30.9 Å². The number of morpholine rings is 1. The third kappa shape index (κ3) is 2.98. The monoisotopic (exact) mass is 340 g/mol. The molecule has 0 spiro atoms. The van der Waals surface area contributed by atoms with E-state index in [1.807, 2.05) is 23.1 Å². The van der Waals surface area contributed by atoms with Crippen LogP contribution < -0.4 is 10.5 Å². The third-order valence-electron chi connectivity index (χ3n) is 5.47. The molecule has 0 aromatic heterocycles. The van der Waals surface area contributed by atoms with Crippen LogP contribution in [0.25, 0.3) is 10.8 Å². The van der Waals surface area contributed by atoms with E-state index in [0.717, 1.165) is 41.3 Å². The van der Waals surface area contributed by atoms with Crippen molar-refractivity contribution in [3.63, 3.8) is 0 Å². The fourth-order valence-corrected chi connectivity index (χ4v) is 3.69. The molecule has 5 heteroatoms. The smallest absolute Gasteiger partial charge is 0.242 e. The summed E-state index contributed by atoms with van der Waals surface area (Å²) in [7, 11) is 1.67. The molecular formula is C20H24N2O3. The van der Waals surface area contributed by atoms with Crippen LogP contribution in [0.2, 0.25) is 0 Å². The predicted octanol–water partition coefficient (Wildman–Crippen LogP) is 2.63. The largest absolute Gasteiger partial charge is 0.497 e. The van der Waals surface area contributed by atoms with Crippen LogP contribution in [-0.2, 0) is 9.53 Å². The van der Waals surface area contributed by atoms with Gasteiger partial charge in [-0.2, -0.15) is 0 Å². The summed E-state index contributed by atoms with van der Waals surface area (Å²) in [5.41, 5.74) is 6.67. The van der Waals surface area contributed by atoms with E-state index < -0.39 is 5.54 Å². The molecule has 0 bridgehead atoms. The van der Waals surface area contributed by atoms with Crippen molar-refractivity contribution in [3.8, 4) is 5.75 Å². The third-order valence-corrected chi connectivity index (χ3v) is 5.47. The zero-order valence-electron chi connectivity index (χ0n) is 14.5. The van der Waals surface area contributed by atoms with Crippen LogP contribution in [0.4, 0.5) is 0 Å². The summed E-state index contributed by atoms with van der Waals surface area (Å²) in [5.74, 6) is 0.928. The van der Waals surface area contributed by atoms with Crippen LogP contribution in [0.5, 0.6) is 5.75 Å². The first-order valence-corrected chi connectivity index (χ1v) is 8.87. The quantitative estimate of drug-likeness (QED) is 0.933. The van der Waals surface area contributed by atoms with Gasteiger partial charge in [-0.3, -0.25) is 4.79 Å². The van der Waals surface area contributed by atoms with E-state index in [9.17, 15) is 4.79 Å². The molecule has 2 aromatic carbocycles. The zero-order chi connectivity index (χ0) is 17.4. The summed E-state index contributed by atoms with van der Waals surface area (Å²) in [6.07, 6.45) is 2.54. The second kappa shape index (κ2) is 6.32. The molecule has 1 atom stereocenters. The standard InChI is InChI=1S/C20H24N2O3/c1-24-17-6-5-14-11-16(4-3-15(14)12-17)18-13-22(9-10-25-18)19(23)20(21)7-2-8-20/h3-6,11-12,18H,2,7-10,13,21H2,1H3. The number of nitrogens with zero attached hydrogens (tertiary/aromatic N) is 1. The van der Waals surface area contributed by atoms with E-state index in [4.69, 9.17) is 15.2 Å². The van der Waals surface area contributed by atoms with Gasteiger partial charge >= 0.3 is 0 Å². The van der Waals surface area contributed by atoms with Crippen LogP contribution in [0, 0.1) is 0 Å². The highest BCUT2D eigenvalue weighted by Gasteiger charge is 2.43. The van der Waals surface area contributed by atoms with Crippen molar-refractivity contribution >= 4 is 16.7 Å². The minimum Gasteiger partial charge on any atom is -0.497 e. The molecule has 1 heterocycles. The number of benzene rings is 2. The normalized spacial score (nSPS) is 22.5. The predicted molar refractivity (Wildman–Crippen MR) is 96.5 cm³/mol.